The molecule has 1 aromatic rings. The summed E-state index contributed by atoms with van der Waals surface area (Å²) < 4.78 is 0. The molecule has 0 spiro atoms. The Hall–Kier alpha value is -1.53. The lowest BCUT2D eigenvalue weighted by atomic mass is 10.1. The molecule has 0 saturated carbocycles. The van der Waals surface area contributed by atoms with Crippen LogP contribution in [-0.2, 0) is 4.79 Å². The van der Waals surface area contributed by atoms with Crippen molar-refractivity contribution in [1.29, 1.82) is 0 Å². The van der Waals surface area contributed by atoms with E-state index in [9.17, 15) is 9.59 Å². The van der Waals surface area contributed by atoms with Gasteiger partial charge in [0.25, 0.3) is 5.91 Å². The molecule has 6 heteroatoms. The van der Waals surface area contributed by atoms with E-state index < -0.39 is 0 Å². The van der Waals surface area contributed by atoms with Gasteiger partial charge in [0.2, 0.25) is 5.91 Å². The van der Waals surface area contributed by atoms with E-state index in [2.05, 4.69) is 17.6 Å². The number of hydrogen-bond donors (Lipinski definition) is 2. The van der Waals surface area contributed by atoms with Gasteiger partial charge < -0.3 is 15.5 Å². The van der Waals surface area contributed by atoms with Gasteiger partial charge >= 0.3 is 0 Å². The normalized spacial score (nSPS) is 18.1. The fraction of sp³-hybridized carbons (Fsp3) is 0.529. The van der Waals surface area contributed by atoms with Gasteiger partial charge in [0.05, 0.1) is 11.3 Å². The summed E-state index contributed by atoms with van der Waals surface area (Å²) in [6.45, 7) is 8.20. The summed E-state index contributed by atoms with van der Waals surface area (Å²) in [5.74, 6) is 0.356. The first kappa shape index (κ1) is 17.8. The lowest BCUT2D eigenvalue weighted by molar-refractivity contribution is -0.119. The van der Waals surface area contributed by atoms with Crippen LogP contribution in [0.2, 0.25) is 0 Å². The van der Waals surface area contributed by atoms with Crippen LogP contribution < -0.4 is 10.6 Å². The first-order chi connectivity index (χ1) is 11.0. The van der Waals surface area contributed by atoms with Crippen molar-refractivity contribution in [3.63, 3.8) is 0 Å². The number of piperazine rings is 1. The van der Waals surface area contributed by atoms with Crippen LogP contribution >= 0.6 is 11.8 Å². The van der Waals surface area contributed by atoms with Crippen molar-refractivity contribution in [1.82, 2.24) is 15.5 Å². The third-order valence-electron chi connectivity index (χ3n) is 3.58. The van der Waals surface area contributed by atoms with Gasteiger partial charge in [-0.05, 0) is 32.9 Å². The SMILES string of the molecule is CC(C)NC(=O)CSc1ccccc1C(=O)N1CCNC(C)C1. The molecule has 1 atom stereocenters. The van der Waals surface area contributed by atoms with Crippen LogP contribution in [0.3, 0.4) is 0 Å². The molecule has 0 bridgehead atoms. The van der Waals surface area contributed by atoms with E-state index in [0.717, 1.165) is 18.0 Å². The molecule has 1 unspecified atom stereocenters. The zero-order chi connectivity index (χ0) is 16.8. The molecule has 1 saturated heterocycles. The van der Waals surface area contributed by atoms with Gasteiger partial charge in [-0.3, -0.25) is 9.59 Å². The minimum atomic E-state index is -0.0111. The molecule has 0 aromatic heterocycles. The molecule has 1 fully saturated rings. The zero-order valence-corrected chi connectivity index (χ0v) is 14.8. The van der Waals surface area contributed by atoms with Gasteiger partial charge in [-0.1, -0.05) is 12.1 Å². The molecule has 1 aliphatic heterocycles. The van der Waals surface area contributed by atoms with Crippen LogP contribution in [0.25, 0.3) is 0 Å². The van der Waals surface area contributed by atoms with Gasteiger partial charge in [-0.25, -0.2) is 0 Å². The highest BCUT2D eigenvalue weighted by Gasteiger charge is 2.23. The molecule has 2 rings (SSSR count). The molecular formula is C17H25N3O2S. The number of rotatable bonds is 5. The molecule has 1 heterocycles. The molecule has 126 valence electrons. The lowest BCUT2D eigenvalue weighted by Crippen LogP contribution is -2.51. The highest BCUT2D eigenvalue weighted by molar-refractivity contribution is 8.00. The summed E-state index contributed by atoms with van der Waals surface area (Å²) in [5.41, 5.74) is 0.684. The van der Waals surface area contributed by atoms with Crippen LogP contribution in [0.5, 0.6) is 0 Å². The van der Waals surface area contributed by atoms with Crippen molar-refractivity contribution in [2.45, 2.75) is 37.8 Å². The number of benzene rings is 1. The Morgan fingerprint density at radius 3 is 2.83 bits per heavy atom. The number of nitrogens with one attached hydrogen (secondary N) is 2. The molecule has 1 aliphatic rings. The van der Waals surface area contributed by atoms with Gasteiger partial charge in [-0.2, -0.15) is 0 Å². The van der Waals surface area contributed by atoms with Crippen LogP contribution in [-0.4, -0.2) is 54.2 Å². The van der Waals surface area contributed by atoms with Crippen LogP contribution in [0.15, 0.2) is 29.2 Å². The first-order valence-electron chi connectivity index (χ1n) is 8.01. The maximum absolute atomic E-state index is 12.8. The summed E-state index contributed by atoms with van der Waals surface area (Å²) in [7, 11) is 0. The molecule has 2 amide bonds. The van der Waals surface area contributed by atoms with E-state index in [4.69, 9.17) is 0 Å². The summed E-state index contributed by atoms with van der Waals surface area (Å²) >= 11 is 1.42. The van der Waals surface area contributed by atoms with E-state index in [1.807, 2.05) is 43.0 Å². The van der Waals surface area contributed by atoms with Crippen molar-refractivity contribution in [2.24, 2.45) is 0 Å². The predicted molar refractivity (Wildman–Crippen MR) is 93.8 cm³/mol. The van der Waals surface area contributed by atoms with Gasteiger partial charge in [-0.15, -0.1) is 11.8 Å². The maximum atomic E-state index is 12.8. The van der Waals surface area contributed by atoms with Crippen LogP contribution in [0, 0.1) is 0 Å². The van der Waals surface area contributed by atoms with Crippen LogP contribution in [0.1, 0.15) is 31.1 Å². The topological polar surface area (TPSA) is 61.4 Å². The summed E-state index contributed by atoms with van der Waals surface area (Å²) in [6, 6.07) is 7.97. The third-order valence-corrected chi connectivity index (χ3v) is 4.66. The standard InChI is InChI=1S/C17H25N3O2S/c1-12(2)19-16(21)11-23-15-7-5-4-6-14(15)17(22)20-9-8-18-13(3)10-20/h4-7,12-13,18H,8-11H2,1-3H3,(H,19,21). The van der Waals surface area contributed by atoms with E-state index in [1.165, 1.54) is 11.8 Å². The molecule has 2 N–H and O–H groups in total. The highest BCUT2D eigenvalue weighted by Crippen LogP contribution is 2.24. The van der Waals surface area contributed by atoms with Crippen molar-refractivity contribution in [2.75, 3.05) is 25.4 Å². The third kappa shape index (κ3) is 5.25. The molecule has 1 aromatic carbocycles. The summed E-state index contributed by atoms with van der Waals surface area (Å²) in [5, 5.41) is 6.21. The second-order valence-corrected chi connectivity index (χ2v) is 7.13. The number of amides is 2. The number of carbonyl (C=O) groups excluding carboxylic acids is 2. The van der Waals surface area contributed by atoms with Gasteiger partial charge in [0, 0.05) is 36.6 Å². The predicted octanol–water partition coefficient (Wildman–Crippen LogP) is 1.74. The smallest absolute Gasteiger partial charge is 0.255 e. The van der Waals surface area contributed by atoms with E-state index >= 15 is 0 Å². The van der Waals surface area contributed by atoms with Gasteiger partial charge in [0.15, 0.2) is 0 Å². The largest absolute Gasteiger partial charge is 0.353 e. The van der Waals surface area contributed by atoms with Gasteiger partial charge in [0.1, 0.15) is 0 Å². The van der Waals surface area contributed by atoms with E-state index in [0.29, 0.717) is 23.9 Å². The van der Waals surface area contributed by atoms with Crippen LogP contribution in [0.4, 0.5) is 0 Å². The average molecular weight is 335 g/mol. The Morgan fingerprint density at radius 1 is 1.39 bits per heavy atom. The Bertz CT molecular complexity index is 563. The molecular weight excluding hydrogens is 310 g/mol. The number of hydrogen-bond acceptors (Lipinski definition) is 4. The Morgan fingerprint density at radius 2 is 2.13 bits per heavy atom. The summed E-state index contributed by atoms with van der Waals surface area (Å²) in [6.07, 6.45) is 0. The van der Waals surface area contributed by atoms with Crippen molar-refractivity contribution in [3.05, 3.63) is 29.8 Å². The first-order valence-corrected chi connectivity index (χ1v) is 8.99. The van der Waals surface area contributed by atoms with Crippen molar-refractivity contribution in [3.8, 4) is 0 Å². The lowest BCUT2D eigenvalue weighted by Gasteiger charge is -2.32. The average Bonchev–Trinajstić information content (AvgIpc) is 2.52. The molecule has 5 nitrogen and oxygen atoms in total. The quantitative estimate of drug-likeness (QED) is 0.805. The fourth-order valence-corrected chi connectivity index (χ4v) is 3.42. The number of carbonyl (C=O) groups is 2. The second-order valence-electron chi connectivity index (χ2n) is 6.11. The fourth-order valence-electron chi connectivity index (χ4n) is 2.56. The Balaban J connectivity index is 2.04. The Kier molecular flexibility index (Phi) is 6.47. The summed E-state index contributed by atoms with van der Waals surface area (Å²) in [4.78, 5) is 27.3. The number of thioether (sulfide) groups is 1. The van der Waals surface area contributed by atoms with E-state index in [1.54, 1.807) is 0 Å². The number of nitrogens with zero attached hydrogens (tertiary/aromatic N) is 1. The maximum Gasteiger partial charge on any atom is 0.255 e. The second kappa shape index (κ2) is 8.36. The molecule has 23 heavy (non-hydrogen) atoms. The highest BCUT2D eigenvalue weighted by atomic mass is 32.2. The molecule has 0 aliphatic carbocycles. The Labute approximate surface area is 142 Å². The minimum Gasteiger partial charge on any atom is -0.353 e. The van der Waals surface area contributed by atoms with Crippen molar-refractivity contribution < 1.29 is 9.59 Å². The molecule has 0 radical (unpaired) electrons. The van der Waals surface area contributed by atoms with Crippen molar-refractivity contribution >= 4 is 23.6 Å². The monoisotopic (exact) mass is 335 g/mol. The van der Waals surface area contributed by atoms with E-state index in [-0.39, 0.29) is 17.9 Å². The zero-order valence-electron chi connectivity index (χ0n) is 14.0. The minimum absolute atomic E-state index is 0.0111.